The number of rotatable bonds is 9. The van der Waals surface area contributed by atoms with Crippen molar-refractivity contribution in [1.82, 2.24) is 0 Å². The maximum atomic E-state index is 13.0. The summed E-state index contributed by atoms with van der Waals surface area (Å²) in [5.74, 6) is -0.0288. The van der Waals surface area contributed by atoms with Crippen LogP contribution in [0.25, 0.3) is 0 Å². The summed E-state index contributed by atoms with van der Waals surface area (Å²) in [5.41, 5.74) is 0.709. The Morgan fingerprint density at radius 3 is 2.12 bits per heavy atom. The van der Waals surface area contributed by atoms with Gasteiger partial charge in [0.05, 0.1) is 29.8 Å². The number of carbonyl (C=O) groups excluding carboxylic acids is 2. The molecule has 1 amide bonds. The normalized spacial score (nSPS) is 11.9. The van der Waals surface area contributed by atoms with Gasteiger partial charge in [0, 0.05) is 0 Å². The number of hydrogen-bond acceptors (Lipinski definition) is 6. The molecule has 0 fully saturated rings. The predicted molar refractivity (Wildman–Crippen MR) is 131 cm³/mol. The molecule has 1 atom stereocenters. The second kappa shape index (κ2) is 10.8. The van der Waals surface area contributed by atoms with E-state index >= 15 is 0 Å². The fraction of sp³-hybridized carbons (Fsp3) is 0.200. The molecule has 0 saturated carbocycles. The standard InChI is InChI=1S/C25H26N2O6S/c1-4-32-25(29)22-12-8-9-13-23(22)26-24(28)18(2)27(34(3,30)31)19-14-16-21(17-15-19)33-20-10-6-5-7-11-20/h5-18H,4H2,1-3H3,(H,26,28)/t18-/m0/s1. The van der Waals surface area contributed by atoms with Gasteiger partial charge in [-0.1, -0.05) is 30.3 Å². The molecule has 0 aliphatic rings. The van der Waals surface area contributed by atoms with E-state index in [-0.39, 0.29) is 17.9 Å². The number of para-hydroxylation sites is 2. The topological polar surface area (TPSA) is 102 Å². The van der Waals surface area contributed by atoms with Crippen LogP contribution in [0.4, 0.5) is 11.4 Å². The van der Waals surface area contributed by atoms with Crippen molar-refractivity contribution < 1.29 is 27.5 Å². The second-order valence-electron chi connectivity index (χ2n) is 7.40. The number of ether oxygens (including phenoxy) is 2. The number of carbonyl (C=O) groups is 2. The lowest BCUT2D eigenvalue weighted by Crippen LogP contribution is -2.45. The molecule has 8 nitrogen and oxygen atoms in total. The summed E-state index contributed by atoms with van der Waals surface area (Å²) < 4.78 is 37.0. The number of anilines is 2. The van der Waals surface area contributed by atoms with Crippen molar-refractivity contribution in [2.24, 2.45) is 0 Å². The monoisotopic (exact) mass is 482 g/mol. The van der Waals surface area contributed by atoms with E-state index in [0.29, 0.717) is 17.2 Å². The molecule has 34 heavy (non-hydrogen) atoms. The minimum Gasteiger partial charge on any atom is -0.462 e. The van der Waals surface area contributed by atoms with Gasteiger partial charge in [-0.25, -0.2) is 13.2 Å². The zero-order chi connectivity index (χ0) is 24.7. The summed E-state index contributed by atoms with van der Waals surface area (Å²) in [4.78, 5) is 25.2. The van der Waals surface area contributed by atoms with E-state index in [4.69, 9.17) is 9.47 Å². The first kappa shape index (κ1) is 24.8. The molecule has 0 aliphatic carbocycles. The molecule has 0 saturated heterocycles. The second-order valence-corrected chi connectivity index (χ2v) is 9.26. The molecule has 178 valence electrons. The van der Waals surface area contributed by atoms with Gasteiger partial charge in [-0.3, -0.25) is 9.10 Å². The van der Waals surface area contributed by atoms with Gasteiger partial charge in [0.25, 0.3) is 0 Å². The van der Waals surface area contributed by atoms with Crippen LogP contribution in [0.3, 0.4) is 0 Å². The lowest BCUT2D eigenvalue weighted by molar-refractivity contribution is -0.116. The highest BCUT2D eigenvalue weighted by Gasteiger charge is 2.30. The Balaban J connectivity index is 1.82. The number of sulfonamides is 1. The third-order valence-electron chi connectivity index (χ3n) is 4.84. The van der Waals surface area contributed by atoms with Gasteiger partial charge in [0.2, 0.25) is 15.9 Å². The molecule has 0 bridgehead atoms. The van der Waals surface area contributed by atoms with E-state index in [1.807, 2.05) is 18.2 Å². The first-order valence-corrected chi connectivity index (χ1v) is 12.4. The lowest BCUT2D eigenvalue weighted by Gasteiger charge is -2.28. The van der Waals surface area contributed by atoms with Crippen LogP contribution in [0.5, 0.6) is 11.5 Å². The van der Waals surface area contributed by atoms with Crippen molar-refractivity contribution in [3.63, 3.8) is 0 Å². The van der Waals surface area contributed by atoms with E-state index in [9.17, 15) is 18.0 Å². The van der Waals surface area contributed by atoms with Crippen LogP contribution in [0.2, 0.25) is 0 Å². The molecular weight excluding hydrogens is 456 g/mol. The van der Waals surface area contributed by atoms with Gasteiger partial charge in [-0.2, -0.15) is 0 Å². The smallest absolute Gasteiger partial charge is 0.340 e. The number of esters is 1. The molecule has 3 rings (SSSR count). The van der Waals surface area contributed by atoms with Crippen molar-refractivity contribution in [2.75, 3.05) is 22.5 Å². The van der Waals surface area contributed by atoms with Crippen molar-refractivity contribution in [1.29, 1.82) is 0 Å². The van der Waals surface area contributed by atoms with E-state index in [0.717, 1.165) is 10.6 Å². The molecule has 9 heteroatoms. The molecule has 0 unspecified atom stereocenters. The molecule has 0 aliphatic heterocycles. The molecule has 3 aromatic carbocycles. The summed E-state index contributed by atoms with van der Waals surface area (Å²) in [6, 6.07) is 20.8. The van der Waals surface area contributed by atoms with Gasteiger partial charge in [-0.15, -0.1) is 0 Å². The molecule has 0 radical (unpaired) electrons. The average molecular weight is 483 g/mol. The van der Waals surface area contributed by atoms with Gasteiger partial charge in [0.15, 0.2) is 0 Å². The van der Waals surface area contributed by atoms with Gasteiger partial charge in [-0.05, 0) is 62.4 Å². The molecule has 0 aromatic heterocycles. The molecule has 3 aromatic rings. The Labute approximate surface area is 199 Å². The van der Waals surface area contributed by atoms with E-state index in [2.05, 4.69) is 5.32 Å². The fourth-order valence-corrected chi connectivity index (χ4v) is 4.49. The van der Waals surface area contributed by atoms with Crippen LogP contribution in [-0.2, 0) is 19.6 Å². The highest BCUT2D eigenvalue weighted by Crippen LogP contribution is 2.27. The first-order chi connectivity index (χ1) is 16.2. The number of hydrogen-bond donors (Lipinski definition) is 1. The summed E-state index contributed by atoms with van der Waals surface area (Å²) in [7, 11) is -3.82. The Morgan fingerprint density at radius 1 is 0.912 bits per heavy atom. The number of nitrogens with one attached hydrogen (secondary N) is 1. The maximum Gasteiger partial charge on any atom is 0.340 e. The number of amides is 1. The summed E-state index contributed by atoms with van der Waals surface area (Å²) >= 11 is 0. The third kappa shape index (κ3) is 6.14. The Kier molecular flexibility index (Phi) is 7.91. The van der Waals surface area contributed by atoms with Crippen LogP contribution < -0.4 is 14.4 Å². The predicted octanol–water partition coefficient (Wildman–Crippen LogP) is 4.45. The molecule has 1 N–H and O–H groups in total. The third-order valence-corrected chi connectivity index (χ3v) is 6.08. The van der Waals surface area contributed by atoms with E-state index < -0.39 is 27.9 Å². The zero-order valence-electron chi connectivity index (χ0n) is 19.1. The van der Waals surface area contributed by atoms with Crippen LogP contribution in [0.1, 0.15) is 24.2 Å². The van der Waals surface area contributed by atoms with Gasteiger partial charge < -0.3 is 14.8 Å². The summed E-state index contributed by atoms with van der Waals surface area (Å²) in [5, 5.41) is 2.65. The minimum absolute atomic E-state index is 0.179. The molecule has 0 spiro atoms. The number of nitrogens with zero attached hydrogens (tertiary/aromatic N) is 1. The van der Waals surface area contributed by atoms with Crippen LogP contribution >= 0.6 is 0 Å². The highest BCUT2D eigenvalue weighted by molar-refractivity contribution is 7.92. The van der Waals surface area contributed by atoms with Crippen LogP contribution in [-0.4, -0.2) is 39.2 Å². The zero-order valence-corrected chi connectivity index (χ0v) is 19.9. The summed E-state index contributed by atoms with van der Waals surface area (Å²) in [6.45, 7) is 3.34. The van der Waals surface area contributed by atoms with E-state index in [1.54, 1.807) is 61.5 Å². The van der Waals surface area contributed by atoms with Crippen molar-refractivity contribution in [3.05, 3.63) is 84.4 Å². The van der Waals surface area contributed by atoms with Crippen LogP contribution in [0, 0.1) is 0 Å². The maximum absolute atomic E-state index is 13.0. The quantitative estimate of drug-likeness (QED) is 0.452. The molecular formula is C25H26N2O6S. The largest absolute Gasteiger partial charge is 0.462 e. The fourth-order valence-electron chi connectivity index (χ4n) is 3.31. The van der Waals surface area contributed by atoms with Crippen molar-refractivity contribution >= 4 is 33.3 Å². The Morgan fingerprint density at radius 2 is 1.50 bits per heavy atom. The highest BCUT2D eigenvalue weighted by atomic mass is 32.2. The SMILES string of the molecule is CCOC(=O)c1ccccc1NC(=O)[C@H](C)N(c1ccc(Oc2ccccc2)cc1)S(C)(=O)=O. The molecule has 0 heterocycles. The summed E-state index contributed by atoms with van der Waals surface area (Å²) in [6.07, 6.45) is 1.03. The average Bonchev–Trinajstić information content (AvgIpc) is 2.80. The first-order valence-electron chi connectivity index (χ1n) is 10.6. The van der Waals surface area contributed by atoms with Gasteiger partial charge >= 0.3 is 5.97 Å². The van der Waals surface area contributed by atoms with Crippen molar-refractivity contribution in [2.45, 2.75) is 19.9 Å². The van der Waals surface area contributed by atoms with Gasteiger partial charge in [0.1, 0.15) is 17.5 Å². The van der Waals surface area contributed by atoms with Crippen LogP contribution in [0.15, 0.2) is 78.9 Å². The minimum atomic E-state index is -3.82. The van der Waals surface area contributed by atoms with E-state index in [1.165, 1.54) is 13.0 Å². The Hall–Kier alpha value is -3.85. The lowest BCUT2D eigenvalue weighted by atomic mass is 10.1. The Bertz CT molecular complexity index is 1240. The number of benzene rings is 3. The van der Waals surface area contributed by atoms with Crippen molar-refractivity contribution in [3.8, 4) is 11.5 Å².